The third kappa shape index (κ3) is 7.29. The average molecular weight is 638 g/mol. The maximum Gasteiger partial charge on any atom is 0.575 e. The van der Waals surface area contributed by atoms with E-state index in [1.807, 2.05) is 35.9 Å². The first-order valence-corrected chi connectivity index (χ1v) is 12.9. The Morgan fingerprint density at radius 2 is 1.58 bits per heavy atom. The standard InChI is InChI=1S/C21H12FNO3.C3H3F3O2.C2H3F3O3S/c1-23-16-9-11(21(24)25)5-7-13(16)14-3-2-4-18-19(14)20(23)15-10-12(22)6-8-17(15)26-18;1-2(7)8-3(4,5)6;1-8-9(6,7)2(3,4)5/h2-10H,1H3;1H3;1H3/p+1. The Hall–Kier alpha value is -4.51. The van der Waals surface area contributed by atoms with Crippen LogP contribution in [-0.4, -0.2) is 44.4 Å². The quantitative estimate of drug-likeness (QED) is 0.0627. The largest absolute Gasteiger partial charge is 0.575 e. The third-order valence-electron chi connectivity index (χ3n) is 5.67. The van der Waals surface area contributed by atoms with Crippen LogP contribution in [0.2, 0.25) is 0 Å². The van der Waals surface area contributed by atoms with Crippen molar-refractivity contribution in [3.05, 3.63) is 66.0 Å². The second-order valence-electron chi connectivity index (χ2n) is 8.47. The predicted octanol–water partition coefficient (Wildman–Crippen LogP) is 5.98. The number of carbonyl (C=O) groups excluding carboxylic acids is 1. The Morgan fingerprint density at radius 1 is 0.930 bits per heavy atom. The normalized spacial score (nSPS) is 12.2. The lowest BCUT2D eigenvalue weighted by Crippen LogP contribution is -2.33. The van der Waals surface area contributed by atoms with Crippen LogP contribution in [0.1, 0.15) is 17.3 Å². The van der Waals surface area contributed by atoms with Gasteiger partial charge in [0.25, 0.3) is 0 Å². The summed E-state index contributed by atoms with van der Waals surface area (Å²) in [5.41, 5.74) is -2.86. The molecule has 5 rings (SSSR count). The summed E-state index contributed by atoms with van der Waals surface area (Å²) >= 11 is 0. The molecule has 43 heavy (non-hydrogen) atoms. The molecular weight excluding hydrogens is 619 g/mol. The number of carboxylic acid groups (broad SMARTS) is 1. The number of aryl methyl sites for hydroxylation is 1. The molecule has 3 aromatic carbocycles. The first-order valence-electron chi connectivity index (χ1n) is 11.5. The van der Waals surface area contributed by atoms with Crippen LogP contribution < -0.4 is 9.30 Å². The van der Waals surface area contributed by atoms with Gasteiger partial charge in [0, 0.05) is 18.4 Å². The van der Waals surface area contributed by atoms with Crippen LogP contribution in [0.15, 0.2) is 54.6 Å². The van der Waals surface area contributed by atoms with Crippen molar-refractivity contribution >= 4 is 43.7 Å². The van der Waals surface area contributed by atoms with Crippen molar-refractivity contribution < 1.29 is 72.1 Å². The van der Waals surface area contributed by atoms with Gasteiger partial charge >= 0.3 is 33.9 Å². The number of hydrogen-bond acceptors (Lipinski definition) is 7. The van der Waals surface area contributed by atoms with Crippen molar-refractivity contribution in [3.8, 4) is 22.8 Å². The highest BCUT2D eigenvalue weighted by Crippen LogP contribution is 2.46. The summed E-state index contributed by atoms with van der Waals surface area (Å²) in [6.07, 6.45) is -4.83. The molecule has 0 fully saturated rings. The maximum atomic E-state index is 13.9. The van der Waals surface area contributed by atoms with E-state index in [0.717, 1.165) is 27.4 Å². The average Bonchev–Trinajstić information content (AvgIpc) is 2.89. The highest BCUT2D eigenvalue weighted by molar-refractivity contribution is 7.87. The van der Waals surface area contributed by atoms with Crippen molar-refractivity contribution in [2.24, 2.45) is 7.05 Å². The number of benzene rings is 3. The minimum absolute atomic E-state index is 0.210. The molecule has 0 bridgehead atoms. The number of pyridine rings is 1. The zero-order valence-electron chi connectivity index (χ0n) is 22.0. The first kappa shape index (κ1) is 33.0. The molecule has 2 heterocycles. The van der Waals surface area contributed by atoms with Gasteiger partial charge in [0.1, 0.15) is 24.4 Å². The van der Waals surface area contributed by atoms with E-state index < -0.39 is 33.9 Å². The number of esters is 1. The van der Waals surface area contributed by atoms with Crippen LogP contribution in [0.5, 0.6) is 11.5 Å². The molecule has 0 saturated heterocycles. The summed E-state index contributed by atoms with van der Waals surface area (Å²) in [5.74, 6) is -1.40. The number of fused-ring (bicyclic) bond motifs is 4. The highest BCUT2D eigenvalue weighted by atomic mass is 32.2. The number of ether oxygens (including phenoxy) is 2. The minimum atomic E-state index is -5.34. The smallest absolute Gasteiger partial charge is 0.478 e. The van der Waals surface area contributed by atoms with Gasteiger partial charge in [-0.25, -0.2) is 9.18 Å². The van der Waals surface area contributed by atoms with Crippen LogP contribution in [0, 0.1) is 5.82 Å². The van der Waals surface area contributed by atoms with E-state index in [9.17, 15) is 53.8 Å². The number of halogens is 7. The van der Waals surface area contributed by atoms with Gasteiger partial charge < -0.3 is 14.6 Å². The zero-order chi connectivity index (χ0) is 32.5. The lowest BCUT2D eigenvalue weighted by Gasteiger charge is -2.20. The maximum absolute atomic E-state index is 13.9. The number of carboxylic acids is 1. The topological polar surface area (TPSA) is 120 Å². The van der Waals surface area contributed by atoms with Crippen LogP contribution in [0.25, 0.3) is 32.9 Å². The Morgan fingerprint density at radius 3 is 2.07 bits per heavy atom. The Labute approximate surface area is 237 Å². The molecule has 1 aliphatic rings. The van der Waals surface area contributed by atoms with Crippen LogP contribution >= 0.6 is 0 Å². The fraction of sp³-hybridized carbons (Fsp3) is 0.192. The van der Waals surface area contributed by atoms with Crippen LogP contribution in [-0.2, 0) is 30.9 Å². The molecule has 0 unspecified atom stereocenters. The molecule has 1 aliphatic heterocycles. The molecule has 0 saturated carbocycles. The Balaban J connectivity index is 0.000000247. The number of aromatic nitrogens is 1. The van der Waals surface area contributed by atoms with Gasteiger partial charge in [-0.2, -0.15) is 26.2 Å². The van der Waals surface area contributed by atoms with E-state index in [0.29, 0.717) is 31.1 Å². The molecule has 0 spiro atoms. The Kier molecular flexibility index (Phi) is 9.21. The molecule has 4 aromatic rings. The van der Waals surface area contributed by atoms with E-state index in [4.69, 9.17) is 4.74 Å². The monoisotopic (exact) mass is 638 g/mol. The van der Waals surface area contributed by atoms with Crippen molar-refractivity contribution in [2.75, 3.05) is 7.11 Å². The molecule has 1 aromatic heterocycles. The SMILES string of the molecule is CC(=O)OC(F)(F)F.COS(=O)(=O)C(F)(F)F.C[n+]1c2c3c(cccc3c3ccc(C(=O)O)cc31)Oc1ccc(F)cc1-2. The van der Waals surface area contributed by atoms with E-state index in [1.165, 1.54) is 12.1 Å². The zero-order valence-corrected chi connectivity index (χ0v) is 22.8. The van der Waals surface area contributed by atoms with Gasteiger partial charge in [0.2, 0.25) is 11.2 Å². The number of alkyl halides is 6. The molecule has 1 N–H and O–H groups in total. The summed E-state index contributed by atoms with van der Waals surface area (Å²) in [6, 6.07) is 15.2. The van der Waals surface area contributed by atoms with Gasteiger partial charge in [-0.15, -0.1) is 13.2 Å². The number of nitrogens with zero attached hydrogens (tertiary/aromatic N) is 1. The molecule has 0 atom stereocenters. The summed E-state index contributed by atoms with van der Waals surface area (Å²) in [6.45, 7) is 0.688. The lowest BCUT2D eigenvalue weighted by atomic mass is 9.95. The van der Waals surface area contributed by atoms with Crippen molar-refractivity contribution in [3.63, 3.8) is 0 Å². The molecule has 0 amide bonds. The minimum Gasteiger partial charge on any atom is -0.478 e. The fourth-order valence-corrected chi connectivity index (χ4v) is 4.20. The van der Waals surface area contributed by atoms with Crippen molar-refractivity contribution in [2.45, 2.75) is 18.8 Å². The molecular formula is C26H19F7NO8S+. The predicted molar refractivity (Wildman–Crippen MR) is 135 cm³/mol. The molecule has 230 valence electrons. The van der Waals surface area contributed by atoms with Crippen molar-refractivity contribution in [1.82, 2.24) is 0 Å². The van der Waals surface area contributed by atoms with Gasteiger partial charge in [0.15, 0.2) is 0 Å². The fourth-order valence-electron chi connectivity index (χ4n) is 4.01. The summed E-state index contributed by atoms with van der Waals surface area (Å²) in [7, 11) is -3.03. The van der Waals surface area contributed by atoms with Gasteiger partial charge in [0.05, 0.1) is 29.0 Å². The Bertz CT molecular complexity index is 1840. The number of rotatable bonds is 2. The number of aromatic carboxylic acids is 1. The van der Waals surface area contributed by atoms with Crippen molar-refractivity contribution in [1.29, 1.82) is 0 Å². The number of hydrogen-bond donors (Lipinski definition) is 1. The van der Waals surface area contributed by atoms with Gasteiger partial charge in [-0.1, -0.05) is 12.1 Å². The summed E-state index contributed by atoms with van der Waals surface area (Å²) < 4.78 is 113. The van der Waals surface area contributed by atoms with Gasteiger partial charge in [-0.3, -0.25) is 8.98 Å². The van der Waals surface area contributed by atoms with Crippen LogP contribution in [0.3, 0.4) is 0 Å². The lowest BCUT2D eigenvalue weighted by molar-refractivity contribution is -0.632. The first-order chi connectivity index (χ1) is 19.8. The van der Waals surface area contributed by atoms with E-state index >= 15 is 0 Å². The number of carbonyl (C=O) groups is 2. The van der Waals surface area contributed by atoms with Crippen LogP contribution in [0.4, 0.5) is 30.7 Å². The van der Waals surface area contributed by atoms with E-state index in [1.54, 1.807) is 18.2 Å². The summed E-state index contributed by atoms with van der Waals surface area (Å²) in [5, 5.41) is 12.1. The molecule has 17 heteroatoms. The van der Waals surface area contributed by atoms with E-state index in [-0.39, 0.29) is 11.4 Å². The van der Waals surface area contributed by atoms with E-state index in [2.05, 4.69) is 8.92 Å². The second-order valence-corrected chi connectivity index (χ2v) is 10.2. The molecule has 0 radical (unpaired) electrons. The highest BCUT2D eigenvalue weighted by Gasteiger charge is 2.46. The molecule has 9 nitrogen and oxygen atoms in total. The van der Waals surface area contributed by atoms with Gasteiger partial charge in [-0.05, 0) is 36.4 Å². The third-order valence-corrected chi connectivity index (χ3v) is 6.68. The summed E-state index contributed by atoms with van der Waals surface area (Å²) in [4.78, 5) is 20.9. The molecule has 0 aliphatic carbocycles. The second kappa shape index (κ2) is 12.0.